The maximum absolute atomic E-state index is 9.78. The first kappa shape index (κ1) is 22.8. The molecule has 0 unspecified atom stereocenters. The summed E-state index contributed by atoms with van der Waals surface area (Å²) in [6, 6.07) is 32.5. The molecule has 0 saturated carbocycles. The lowest BCUT2D eigenvalue weighted by Gasteiger charge is -2.24. The van der Waals surface area contributed by atoms with Gasteiger partial charge in [-0.2, -0.15) is 21.0 Å². The average molecular weight is 520 g/mol. The van der Waals surface area contributed by atoms with Gasteiger partial charge in [0.15, 0.2) is 0 Å². The lowest BCUT2D eigenvalue weighted by Crippen LogP contribution is -2.04. The van der Waals surface area contributed by atoms with Crippen LogP contribution in [0.1, 0.15) is 38.9 Å². The third-order valence-corrected chi connectivity index (χ3v) is 8.61. The summed E-state index contributed by atoms with van der Waals surface area (Å²) in [5.41, 5.74) is 12.7. The van der Waals surface area contributed by atoms with Gasteiger partial charge in [0.2, 0.25) is 0 Å². The van der Waals surface area contributed by atoms with Gasteiger partial charge in [-0.15, -0.1) is 0 Å². The topological polar surface area (TPSA) is 99.6 Å². The van der Waals surface area contributed by atoms with Gasteiger partial charge in [0, 0.05) is 21.5 Å². The molecule has 5 heteroatoms. The molecule has 5 aromatic carbocycles. The van der Waals surface area contributed by atoms with E-state index in [1.807, 2.05) is 72.8 Å². The molecule has 0 atom stereocenters. The van der Waals surface area contributed by atoms with E-state index < -0.39 is 0 Å². The van der Waals surface area contributed by atoms with E-state index in [1.165, 1.54) is 0 Å². The summed E-state index contributed by atoms with van der Waals surface area (Å²) in [7, 11) is 0. The number of fused-ring (bicyclic) bond motifs is 14. The molecule has 2 bridgehead atoms. The smallest absolute Gasteiger partial charge is 0.0992 e. The fraction of sp³-hybridized carbons (Fsp3) is 0.0556. The number of benzene rings is 5. The maximum Gasteiger partial charge on any atom is 0.0992 e. The molecule has 5 nitrogen and oxygen atoms in total. The van der Waals surface area contributed by atoms with Crippen molar-refractivity contribution in [3.63, 3.8) is 0 Å². The van der Waals surface area contributed by atoms with Crippen molar-refractivity contribution in [3.05, 3.63) is 112 Å². The number of aromatic nitrogens is 1. The van der Waals surface area contributed by atoms with Gasteiger partial charge >= 0.3 is 0 Å². The fourth-order valence-corrected chi connectivity index (χ4v) is 6.96. The van der Waals surface area contributed by atoms with Crippen LogP contribution in [0.2, 0.25) is 0 Å². The van der Waals surface area contributed by atoms with Gasteiger partial charge in [-0.1, -0.05) is 24.3 Å². The van der Waals surface area contributed by atoms with Crippen molar-refractivity contribution >= 4 is 38.1 Å². The molecule has 0 amide bonds. The Morgan fingerprint density at radius 1 is 0.561 bits per heavy atom. The Balaban J connectivity index is 1.72. The first-order valence-corrected chi connectivity index (χ1v) is 13.2. The molecule has 186 valence electrons. The summed E-state index contributed by atoms with van der Waals surface area (Å²) < 4.78 is 2.21. The van der Waals surface area contributed by atoms with Gasteiger partial charge in [-0.25, -0.2) is 0 Å². The Bertz CT molecular complexity index is 2330. The molecule has 0 fully saturated rings. The molecule has 2 heterocycles. The predicted octanol–water partition coefficient (Wildman–Crippen LogP) is 7.87. The second kappa shape index (κ2) is 7.94. The minimum Gasteiger partial charge on any atom is -0.308 e. The van der Waals surface area contributed by atoms with E-state index in [-0.39, 0.29) is 0 Å². The largest absolute Gasteiger partial charge is 0.308 e. The Morgan fingerprint density at radius 2 is 0.976 bits per heavy atom. The summed E-state index contributed by atoms with van der Waals surface area (Å²) in [5.74, 6) is 0. The van der Waals surface area contributed by atoms with Gasteiger partial charge in [-0.05, 0) is 101 Å². The van der Waals surface area contributed by atoms with E-state index >= 15 is 0 Å². The van der Waals surface area contributed by atoms with Gasteiger partial charge in [0.05, 0.1) is 63.1 Å². The zero-order valence-corrected chi connectivity index (χ0v) is 21.9. The standard InChI is InChI=1S/C36H17N5/c1-19-32-26-6-2-20(15-37)10-24(26)14-25-11-21(16-38)3-7-27(25)33(19)35-29-9-5-23(18-40)13-31(29)41-30-12-22(17-39)4-8-28(30)34(32)36(35)41/h2-13H,14H2,1H3. The molecule has 0 spiro atoms. The van der Waals surface area contributed by atoms with Crippen molar-refractivity contribution in [3.8, 4) is 46.5 Å². The minimum atomic E-state index is 0.569. The normalized spacial score (nSPS) is 11.8. The van der Waals surface area contributed by atoms with Gasteiger partial charge < -0.3 is 4.40 Å². The van der Waals surface area contributed by atoms with Crippen LogP contribution in [0, 0.1) is 52.2 Å². The van der Waals surface area contributed by atoms with Crippen molar-refractivity contribution in [1.29, 1.82) is 21.0 Å². The minimum absolute atomic E-state index is 0.569. The highest BCUT2D eigenvalue weighted by Crippen LogP contribution is 2.52. The second-order valence-electron chi connectivity index (χ2n) is 10.6. The molecule has 2 aromatic heterocycles. The Morgan fingerprint density at radius 3 is 1.41 bits per heavy atom. The fourth-order valence-electron chi connectivity index (χ4n) is 6.96. The Kier molecular flexibility index (Phi) is 4.42. The molecule has 7 aromatic rings. The van der Waals surface area contributed by atoms with Crippen molar-refractivity contribution in [2.24, 2.45) is 0 Å². The zero-order chi connectivity index (χ0) is 28.0. The van der Waals surface area contributed by atoms with Crippen molar-refractivity contribution < 1.29 is 0 Å². The van der Waals surface area contributed by atoms with Crippen LogP contribution in [0.15, 0.2) is 72.8 Å². The van der Waals surface area contributed by atoms with Crippen LogP contribution in [0.25, 0.3) is 60.3 Å². The summed E-state index contributed by atoms with van der Waals surface area (Å²) in [6.07, 6.45) is 0.579. The highest BCUT2D eigenvalue weighted by molar-refractivity contribution is 6.31. The summed E-state index contributed by atoms with van der Waals surface area (Å²) in [4.78, 5) is 0. The highest BCUT2D eigenvalue weighted by Gasteiger charge is 2.30. The van der Waals surface area contributed by atoms with E-state index in [4.69, 9.17) is 0 Å². The van der Waals surface area contributed by atoms with Crippen LogP contribution < -0.4 is 0 Å². The van der Waals surface area contributed by atoms with Crippen molar-refractivity contribution in [2.45, 2.75) is 13.3 Å². The van der Waals surface area contributed by atoms with Crippen LogP contribution in [-0.4, -0.2) is 4.40 Å². The van der Waals surface area contributed by atoms with Crippen LogP contribution in [0.5, 0.6) is 0 Å². The Labute approximate surface area is 234 Å². The SMILES string of the molecule is Cc1c2c3c4ccc(C#N)cc4n4c5cc(C#N)ccc5c(c1-c1ccc(C#N)cc1Cc1cc(C#N)ccc1-2)c34. The van der Waals surface area contributed by atoms with E-state index in [1.54, 1.807) is 0 Å². The van der Waals surface area contributed by atoms with Gasteiger partial charge in [0.25, 0.3) is 0 Å². The molecule has 1 aliphatic rings. The quantitative estimate of drug-likeness (QED) is 0.203. The molecular weight excluding hydrogens is 502 g/mol. The maximum atomic E-state index is 9.78. The zero-order valence-electron chi connectivity index (χ0n) is 21.9. The van der Waals surface area contributed by atoms with Crippen molar-refractivity contribution in [1.82, 2.24) is 4.40 Å². The van der Waals surface area contributed by atoms with E-state index in [0.717, 1.165) is 77.0 Å². The van der Waals surface area contributed by atoms with Crippen LogP contribution in [-0.2, 0) is 6.42 Å². The lowest BCUT2D eigenvalue weighted by atomic mass is 9.79. The van der Waals surface area contributed by atoms with Crippen LogP contribution in [0.4, 0.5) is 0 Å². The summed E-state index contributed by atoms with van der Waals surface area (Å²) >= 11 is 0. The predicted molar refractivity (Wildman–Crippen MR) is 158 cm³/mol. The highest BCUT2D eigenvalue weighted by atomic mass is 14.9. The number of hydrogen-bond donors (Lipinski definition) is 0. The third-order valence-electron chi connectivity index (χ3n) is 8.61. The molecule has 0 radical (unpaired) electrons. The van der Waals surface area contributed by atoms with E-state index in [9.17, 15) is 21.0 Å². The van der Waals surface area contributed by atoms with Gasteiger partial charge in [-0.3, -0.25) is 0 Å². The van der Waals surface area contributed by atoms with Crippen LogP contribution >= 0.6 is 0 Å². The first-order chi connectivity index (χ1) is 20.1. The van der Waals surface area contributed by atoms with Gasteiger partial charge in [0.1, 0.15) is 0 Å². The monoisotopic (exact) mass is 519 g/mol. The lowest BCUT2D eigenvalue weighted by molar-refractivity contribution is 1.18. The molecule has 41 heavy (non-hydrogen) atoms. The number of rotatable bonds is 0. The molecule has 8 rings (SSSR count). The number of hydrogen-bond acceptors (Lipinski definition) is 4. The second-order valence-corrected chi connectivity index (χ2v) is 10.6. The number of nitriles is 4. The first-order valence-electron chi connectivity index (χ1n) is 13.2. The summed E-state index contributed by atoms with van der Waals surface area (Å²) in [5, 5.41) is 43.3. The summed E-state index contributed by atoms with van der Waals surface area (Å²) in [6.45, 7) is 2.16. The molecule has 0 aliphatic heterocycles. The third kappa shape index (κ3) is 2.85. The average Bonchev–Trinajstić information content (AvgIpc) is 3.51. The molecule has 1 aliphatic carbocycles. The van der Waals surface area contributed by atoms with Crippen LogP contribution in [0.3, 0.4) is 0 Å². The molecule has 0 N–H and O–H groups in total. The van der Waals surface area contributed by atoms with Crippen molar-refractivity contribution in [2.75, 3.05) is 0 Å². The van der Waals surface area contributed by atoms with E-state index in [0.29, 0.717) is 28.7 Å². The number of nitrogens with zero attached hydrogens (tertiary/aromatic N) is 5. The molecular formula is C36H17N5. The van der Waals surface area contributed by atoms with E-state index in [2.05, 4.69) is 35.6 Å². The Hall–Kier alpha value is -6.14. The molecule has 0 saturated heterocycles.